The van der Waals surface area contributed by atoms with Gasteiger partial charge in [-0.25, -0.2) is 0 Å². The van der Waals surface area contributed by atoms with Gasteiger partial charge >= 0.3 is 0 Å². The summed E-state index contributed by atoms with van der Waals surface area (Å²) in [4.78, 5) is 13.6. The van der Waals surface area contributed by atoms with Crippen LogP contribution in [-0.4, -0.2) is 24.9 Å². The van der Waals surface area contributed by atoms with E-state index in [1.54, 1.807) is 7.11 Å². The fraction of sp³-hybridized carbons (Fsp3) is 0.348. The Morgan fingerprint density at radius 3 is 2.71 bits per heavy atom. The van der Waals surface area contributed by atoms with Gasteiger partial charge in [0.05, 0.1) is 31.2 Å². The average molecular weight is 379 g/mol. The van der Waals surface area contributed by atoms with E-state index in [0.29, 0.717) is 29.9 Å². The Hall–Kier alpha value is -2.95. The van der Waals surface area contributed by atoms with Gasteiger partial charge in [0.25, 0.3) is 0 Å². The Kier molecular flexibility index (Phi) is 4.99. The monoisotopic (exact) mass is 379 g/mol. The number of methoxy groups -OCH3 is 1. The highest BCUT2D eigenvalue weighted by molar-refractivity contribution is 5.94. The van der Waals surface area contributed by atoms with Gasteiger partial charge in [0.1, 0.15) is 17.2 Å². The number of aromatic nitrogens is 1. The predicted molar refractivity (Wildman–Crippen MR) is 111 cm³/mol. The van der Waals surface area contributed by atoms with Gasteiger partial charge in [0.15, 0.2) is 0 Å². The van der Waals surface area contributed by atoms with Crippen molar-refractivity contribution in [1.29, 1.82) is 0 Å². The van der Waals surface area contributed by atoms with Crippen molar-refractivity contribution < 1.29 is 14.2 Å². The number of ether oxygens (including phenoxy) is 3. The van der Waals surface area contributed by atoms with E-state index >= 15 is 0 Å². The number of fused-ring (bicyclic) bond motifs is 3. The summed E-state index contributed by atoms with van der Waals surface area (Å²) in [6, 6.07) is 9.59. The van der Waals surface area contributed by atoms with Crippen molar-refractivity contribution in [1.82, 2.24) is 4.57 Å². The molecule has 1 aliphatic heterocycles. The molecule has 0 fully saturated rings. The minimum atomic E-state index is -0.0293. The summed E-state index contributed by atoms with van der Waals surface area (Å²) in [5.74, 6) is 2.22. The van der Waals surface area contributed by atoms with E-state index in [1.165, 1.54) is 0 Å². The normalized spacial score (nSPS) is 13.1. The van der Waals surface area contributed by atoms with E-state index in [4.69, 9.17) is 14.2 Å². The van der Waals surface area contributed by atoms with Crippen LogP contribution >= 0.6 is 0 Å². The van der Waals surface area contributed by atoms with E-state index in [1.807, 2.05) is 48.1 Å². The highest BCUT2D eigenvalue weighted by Crippen LogP contribution is 2.38. The summed E-state index contributed by atoms with van der Waals surface area (Å²) in [7, 11) is 3.58. The minimum absolute atomic E-state index is 0.0293. The van der Waals surface area contributed by atoms with Crippen LogP contribution in [0, 0.1) is 0 Å². The molecule has 5 heteroatoms. The average Bonchev–Trinajstić information content (AvgIpc) is 2.74. The second-order valence-electron chi connectivity index (χ2n) is 7.10. The van der Waals surface area contributed by atoms with Crippen LogP contribution in [0.3, 0.4) is 0 Å². The molecule has 0 spiro atoms. The summed E-state index contributed by atoms with van der Waals surface area (Å²) in [5, 5.41) is 0.610. The molecule has 3 aromatic rings. The second-order valence-corrected chi connectivity index (χ2v) is 7.10. The predicted octanol–water partition coefficient (Wildman–Crippen LogP) is 4.33. The number of hydrogen-bond acceptors (Lipinski definition) is 4. The largest absolute Gasteiger partial charge is 0.497 e. The van der Waals surface area contributed by atoms with Crippen LogP contribution in [-0.2, 0) is 13.5 Å². The lowest BCUT2D eigenvalue weighted by Crippen LogP contribution is -2.17. The second kappa shape index (κ2) is 7.58. The number of hydrogen-bond donors (Lipinski definition) is 0. The maximum Gasteiger partial charge on any atom is 0.201 e. The molecule has 0 radical (unpaired) electrons. The van der Waals surface area contributed by atoms with E-state index in [0.717, 1.165) is 47.4 Å². The van der Waals surface area contributed by atoms with Crippen molar-refractivity contribution in [3.8, 4) is 28.4 Å². The van der Waals surface area contributed by atoms with Crippen LogP contribution in [0.25, 0.3) is 22.0 Å². The third kappa shape index (κ3) is 3.11. The Labute approximate surface area is 164 Å². The van der Waals surface area contributed by atoms with Gasteiger partial charge < -0.3 is 18.8 Å². The molecule has 146 valence electrons. The topological polar surface area (TPSA) is 49.7 Å². The Balaban J connectivity index is 2.00. The zero-order valence-corrected chi connectivity index (χ0v) is 16.6. The van der Waals surface area contributed by atoms with E-state index < -0.39 is 0 Å². The molecule has 4 rings (SSSR count). The summed E-state index contributed by atoms with van der Waals surface area (Å²) >= 11 is 0. The molecule has 0 aliphatic carbocycles. The Morgan fingerprint density at radius 1 is 1.21 bits per heavy atom. The zero-order chi connectivity index (χ0) is 19.7. The lowest BCUT2D eigenvalue weighted by Gasteiger charge is -2.23. The van der Waals surface area contributed by atoms with E-state index in [9.17, 15) is 4.79 Å². The first-order valence-corrected chi connectivity index (χ1v) is 9.73. The molecular weight excluding hydrogens is 354 g/mol. The number of nitrogens with zero attached hydrogens (tertiary/aromatic N) is 1. The summed E-state index contributed by atoms with van der Waals surface area (Å²) in [5.41, 5.74) is 3.30. The molecule has 0 saturated carbocycles. The maximum absolute atomic E-state index is 13.6. The van der Waals surface area contributed by atoms with Gasteiger partial charge in [-0.15, -0.1) is 0 Å². The van der Waals surface area contributed by atoms with Crippen molar-refractivity contribution in [3.63, 3.8) is 0 Å². The van der Waals surface area contributed by atoms with Crippen LogP contribution < -0.4 is 19.6 Å². The van der Waals surface area contributed by atoms with Gasteiger partial charge in [-0.1, -0.05) is 19.1 Å². The van der Waals surface area contributed by atoms with E-state index in [-0.39, 0.29) is 5.43 Å². The first-order chi connectivity index (χ1) is 13.6. The minimum Gasteiger partial charge on any atom is -0.497 e. The fourth-order valence-electron chi connectivity index (χ4n) is 3.78. The van der Waals surface area contributed by atoms with Crippen LogP contribution in [0.2, 0.25) is 0 Å². The molecule has 0 saturated heterocycles. The van der Waals surface area contributed by atoms with Crippen LogP contribution in [0.4, 0.5) is 0 Å². The number of rotatable bonds is 5. The SMILES string of the molecule is CCCOc1cc2c(c3c(=O)c(-c4ccc(OC)cc4)cn(C)c13)OCCC2. The molecule has 0 unspecified atom stereocenters. The van der Waals surface area contributed by atoms with Crippen molar-refractivity contribution in [2.45, 2.75) is 26.2 Å². The Morgan fingerprint density at radius 2 is 2.00 bits per heavy atom. The highest BCUT2D eigenvalue weighted by Gasteiger charge is 2.23. The molecule has 5 nitrogen and oxygen atoms in total. The molecule has 0 N–H and O–H groups in total. The molecule has 2 heterocycles. The van der Waals surface area contributed by atoms with Gasteiger partial charge in [0, 0.05) is 18.8 Å². The van der Waals surface area contributed by atoms with Gasteiger partial charge in [-0.2, -0.15) is 0 Å². The molecule has 28 heavy (non-hydrogen) atoms. The third-order valence-corrected chi connectivity index (χ3v) is 5.14. The third-order valence-electron chi connectivity index (χ3n) is 5.14. The quantitative estimate of drug-likeness (QED) is 0.662. The van der Waals surface area contributed by atoms with Gasteiger partial charge in [0.2, 0.25) is 5.43 Å². The van der Waals surface area contributed by atoms with Crippen molar-refractivity contribution in [2.24, 2.45) is 7.05 Å². The zero-order valence-electron chi connectivity index (χ0n) is 16.6. The van der Waals surface area contributed by atoms with Crippen molar-refractivity contribution >= 4 is 10.9 Å². The standard InChI is InChI=1S/C23H25NO4/c1-4-11-27-19-13-16-6-5-12-28-23(16)20-21(19)24(2)14-18(22(20)25)15-7-9-17(26-3)10-8-15/h7-10,13-14H,4-6,11-12H2,1-3H3. The lowest BCUT2D eigenvalue weighted by molar-refractivity contribution is 0.288. The van der Waals surface area contributed by atoms with Crippen molar-refractivity contribution in [3.05, 3.63) is 52.3 Å². The van der Waals surface area contributed by atoms with Gasteiger partial charge in [-0.05, 0) is 48.6 Å². The molecule has 2 aromatic carbocycles. The molecule has 1 aliphatic rings. The molecule has 1 aromatic heterocycles. The summed E-state index contributed by atoms with van der Waals surface area (Å²) < 4.78 is 19.2. The van der Waals surface area contributed by atoms with E-state index in [2.05, 4.69) is 6.92 Å². The number of aryl methyl sites for hydroxylation is 2. The number of pyridine rings is 1. The Bertz CT molecular complexity index is 1070. The first-order valence-electron chi connectivity index (χ1n) is 9.73. The fourth-order valence-corrected chi connectivity index (χ4v) is 3.78. The highest BCUT2D eigenvalue weighted by atomic mass is 16.5. The van der Waals surface area contributed by atoms with Gasteiger partial charge in [-0.3, -0.25) is 4.79 Å². The summed E-state index contributed by atoms with van der Waals surface area (Å²) in [6.07, 6.45) is 4.63. The summed E-state index contributed by atoms with van der Waals surface area (Å²) in [6.45, 7) is 3.32. The molecule has 0 bridgehead atoms. The number of benzene rings is 2. The van der Waals surface area contributed by atoms with Crippen LogP contribution in [0.1, 0.15) is 25.3 Å². The van der Waals surface area contributed by atoms with Crippen LogP contribution in [0.15, 0.2) is 41.3 Å². The first kappa shape index (κ1) is 18.4. The maximum atomic E-state index is 13.6. The molecule has 0 amide bonds. The van der Waals surface area contributed by atoms with Crippen molar-refractivity contribution in [2.75, 3.05) is 20.3 Å². The molecular formula is C23H25NO4. The van der Waals surface area contributed by atoms with Crippen LogP contribution in [0.5, 0.6) is 17.2 Å². The lowest BCUT2D eigenvalue weighted by atomic mass is 9.98. The smallest absolute Gasteiger partial charge is 0.201 e. The molecule has 0 atom stereocenters.